The van der Waals surface area contributed by atoms with Crippen molar-refractivity contribution >= 4 is 28.2 Å². The molecule has 0 amide bonds. The smallest absolute Gasteiger partial charge is 0.387 e. The first-order valence-corrected chi connectivity index (χ1v) is 18.9. The fourth-order valence-electron chi connectivity index (χ4n) is 8.38. The summed E-state index contributed by atoms with van der Waals surface area (Å²) in [5, 5.41) is 9.67. The van der Waals surface area contributed by atoms with E-state index in [1.165, 1.54) is 12.1 Å². The molecule has 0 spiro atoms. The van der Waals surface area contributed by atoms with Gasteiger partial charge in [0.15, 0.2) is 11.2 Å². The monoisotopic (exact) mass is 786 g/mol. The van der Waals surface area contributed by atoms with Crippen LogP contribution in [0.3, 0.4) is 0 Å². The van der Waals surface area contributed by atoms with Crippen LogP contribution >= 0.6 is 0 Å². The van der Waals surface area contributed by atoms with E-state index in [2.05, 4.69) is 18.7 Å². The highest BCUT2D eigenvalue weighted by Gasteiger charge is 2.34. The Morgan fingerprint density at radius 1 is 0.789 bits per heavy atom. The van der Waals surface area contributed by atoms with Gasteiger partial charge in [-0.1, -0.05) is 24.3 Å². The first-order valence-electron chi connectivity index (χ1n) is 18.9. The number of aliphatic carboxylic acids is 1. The van der Waals surface area contributed by atoms with E-state index in [1.807, 2.05) is 50.2 Å². The number of benzene rings is 4. The first-order chi connectivity index (χ1) is 27.3. The number of hydrogen-bond acceptors (Lipinski definition) is 9. The number of carboxylic acids is 1. The lowest BCUT2D eigenvalue weighted by Crippen LogP contribution is -2.37. The van der Waals surface area contributed by atoms with Crippen molar-refractivity contribution in [2.45, 2.75) is 91.3 Å². The third-order valence-electron chi connectivity index (χ3n) is 11.4. The molecular weight excluding hydrogens is 744 g/mol. The largest absolute Gasteiger partial charge is 0.480 e. The van der Waals surface area contributed by atoms with Gasteiger partial charge in [-0.15, -0.1) is 0 Å². The molecule has 1 N–H and O–H groups in total. The lowest BCUT2D eigenvalue weighted by atomic mass is 9.91. The number of rotatable bonds is 12. The molecule has 2 aliphatic rings. The van der Waals surface area contributed by atoms with Crippen LogP contribution in [0.5, 0.6) is 11.5 Å². The zero-order chi connectivity index (χ0) is 40.2. The Morgan fingerprint density at radius 3 is 1.77 bits per heavy atom. The highest BCUT2D eigenvalue weighted by atomic mass is 19.3. The Morgan fingerprint density at radius 2 is 1.30 bits per heavy atom. The molecule has 8 rings (SSSR count). The number of aromatic nitrogens is 2. The summed E-state index contributed by atoms with van der Waals surface area (Å²) >= 11 is 0. The Labute approximate surface area is 326 Å². The summed E-state index contributed by atoms with van der Waals surface area (Å²) in [7, 11) is 0. The van der Waals surface area contributed by atoms with Crippen LogP contribution in [0.15, 0.2) is 69.5 Å². The molecule has 0 radical (unpaired) electrons. The predicted molar refractivity (Wildman–Crippen MR) is 205 cm³/mol. The van der Waals surface area contributed by atoms with Crippen molar-refractivity contribution in [3.8, 4) is 45.5 Å². The standard InChI is InChI=1S/C43H42F4N4O6/c1-23-27(9-5-11-29(23)38-48-31-17-25(21-50-15-7-13-33(50)40(52)53)34(56-41(44)45)19-36(31)54-38)28-10-6-12-30(24(28)2)39-49-32-18-26(22-51-16-8-14-43(51,3)4)35(57-42(46)47)20-37(32)55-39/h5-6,9-12,17-20,33,41-42H,7-8,13-16,21-22H2,1-4H3,(H,52,53)/t33-/m0/s1. The minimum Gasteiger partial charge on any atom is -0.480 e. The average Bonchev–Trinajstić information content (AvgIpc) is 3.95. The molecule has 2 saturated heterocycles. The maximum absolute atomic E-state index is 13.6. The summed E-state index contributed by atoms with van der Waals surface area (Å²) in [5.41, 5.74) is 7.33. The fraction of sp³-hybridized carbons (Fsp3) is 0.372. The maximum Gasteiger partial charge on any atom is 0.387 e. The molecule has 2 aliphatic heterocycles. The number of carboxylic acid groups (broad SMARTS) is 1. The molecule has 298 valence electrons. The second-order valence-electron chi connectivity index (χ2n) is 15.4. The molecule has 0 saturated carbocycles. The molecule has 0 unspecified atom stereocenters. The van der Waals surface area contributed by atoms with Gasteiger partial charge in [-0.05, 0) is 113 Å². The zero-order valence-corrected chi connectivity index (χ0v) is 32.0. The van der Waals surface area contributed by atoms with Crippen molar-refractivity contribution in [3.63, 3.8) is 0 Å². The summed E-state index contributed by atoms with van der Waals surface area (Å²) in [6.07, 6.45) is 3.20. The van der Waals surface area contributed by atoms with Crippen molar-refractivity contribution in [3.05, 3.63) is 82.9 Å². The van der Waals surface area contributed by atoms with Gasteiger partial charge in [0.2, 0.25) is 11.8 Å². The Hall–Kier alpha value is -5.47. The van der Waals surface area contributed by atoms with Gasteiger partial charge in [0.05, 0.1) is 0 Å². The van der Waals surface area contributed by atoms with E-state index in [0.717, 1.165) is 47.2 Å². The van der Waals surface area contributed by atoms with Gasteiger partial charge >= 0.3 is 19.2 Å². The van der Waals surface area contributed by atoms with Crippen LogP contribution in [0.25, 0.3) is 56.2 Å². The number of oxazole rings is 2. The molecule has 2 fully saturated rings. The topological polar surface area (TPSA) is 114 Å². The van der Waals surface area contributed by atoms with E-state index in [9.17, 15) is 27.5 Å². The second kappa shape index (κ2) is 15.1. The number of alkyl halides is 4. The van der Waals surface area contributed by atoms with Gasteiger partial charge in [0.25, 0.3) is 0 Å². The van der Waals surface area contributed by atoms with Gasteiger partial charge in [0.1, 0.15) is 28.6 Å². The van der Waals surface area contributed by atoms with Crippen molar-refractivity contribution in [1.82, 2.24) is 19.8 Å². The van der Waals surface area contributed by atoms with Crippen molar-refractivity contribution in [2.75, 3.05) is 13.1 Å². The molecular formula is C43H42F4N4O6. The molecule has 10 nitrogen and oxygen atoms in total. The third-order valence-corrected chi connectivity index (χ3v) is 11.4. The van der Waals surface area contributed by atoms with Gasteiger partial charge in [0, 0.05) is 53.0 Å². The first kappa shape index (κ1) is 38.4. The van der Waals surface area contributed by atoms with Crippen molar-refractivity contribution in [2.24, 2.45) is 0 Å². The summed E-state index contributed by atoms with van der Waals surface area (Å²) in [6, 6.07) is 17.0. The Balaban J connectivity index is 1.13. The normalized spacial score (nSPS) is 17.5. The molecule has 2 aromatic heterocycles. The Bertz CT molecular complexity index is 2480. The third kappa shape index (κ3) is 7.55. The molecule has 6 aromatic rings. The lowest BCUT2D eigenvalue weighted by Gasteiger charge is -2.32. The molecule has 4 aromatic carbocycles. The average molecular weight is 787 g/mol. The van der Waals surface area contributed by atoms with E-state index in [1.54, 1.807) is 17.0 Å². The van der Waals surface area contributed by atoms with E-state index in [-0.39, 0.29) is 35.1 Å². The summed E-state index contributed by atoms with van der Waals surface area (Å²) in [4.78, 5) is 25.4. The van der Waals surface area contributed by atoms with E-state index in [4.69, 9.17) is 28.3 Å². The van der Waals surface area contributed by atoms with Crippen LogP contribution in [0, 0.1) is 13.8 Å². The number of likely N-dealkylation sites (tertiary alicyclic amines) is 2. The van der Waals surface area contributed by atoms with Crippen LogP contribution in [0.4, 0.5) is 17.6 Å². The van der Waals surface area contributed by atoms with Crippen LogP contribution in [0.2, 0.25) is 0 Å². The molecule has 4 heterocycles. The number of nitrogens with zero attached hydrogens (tertiary/aromatic N) is 4. The fourth-order valence-corrected chi connectivity index (χ4v) is 8.38. The maximum atomic E-state index is 13.6. The SMILES string of the molecule is Cc1c(-c2nc3cc(CN4CCC[C@H]4C(=O)O)c(OC(F)F)cc3o2)cccc1-c1cccc(-c2nc3cc(CN4CCCC4(C)C)c(OC(F)F)cc3o2)c1C. The number of halogens is 4. The number of ether oxygens (including phenoxy) is 2. The molecule has 57 heavy (non-hydrogen) atoms. The van der Waals surface area contributed by atoms with E-state index in [0.29, 0.717) is 65.1 Å². The minimum absolute atomic E-state index is 0.0624. The van der Waals surface area contributed by atoms with E-state index < -0.39 is 25.2 Å². The van der Waals surface area contributed by atoms with Gasteiger partial charge in [-0.2, -0.15) is 17.6 Å². The summed E-state index contributed by atoms with van der Waals surface area (Å²) in [6.45, 7) is 4.02. The van der Waals surface area contributed by atoms with Crippen molar-refractivity contribution < 1.29 is 45.8 Å². The second-order valence-corrected chi connectivity index (χ2v) is 15.4. The minimum atomic E-state index is -3.09. The lowest BCUT2D eigenvalue weighted by molar-refractivity contribution is -0.142. The molecule has 14 heteroatoms. The predicted octanol–water partition coefficient (Wildman–Crippen LogP) is 10.2. The summed E-state index contributed by atoms with van der Waals surface area (Å²) in [5.74, 6) is -0.386. The highest BCUT2D eigenvalue weighted by molar-refractivity contribution is 5.85. The van der Waals surface area contributed by atoms with Crippen molar-refractivity contribution in [1.29, 1.82) is 0 Å². The zero-order valence-electron chi connectivity index (χ0n) is 32.0. The van der Waals surface area contributed by atoms with Crippen LogP contribution < -0.4 is 9.47 Å². The molecule has 0 bridgehead atoms. The molecule has 1 atom stereocenters. The van der Waals surface area contributed by atoms with Gasteiger partial charge in [-0.3, -0.25) is 14.6 Å². The number of fused-ring (bicyclic) bond motifs is 2. The molecule has 0 aliphatic carbocycles. The van der Waals surface area contributed by atoms with Crippen LogP contribution in [-0.4, -0.2) is 68.7 Å². The quantitative estimate of drug-likeness (QED) is 0.120. The number of carbonyl (C=O) groups is 1. The van der Waals surface area contributed by atoms with Crippen LogP contribution in [-0.2, 0) is 17.9 Å². The van der Waals surface area contributed by atoms with Gasteiger partial charge in [-0.25, -0.2) is 9.97 Å². The highest BCUT2D eigenvalue weighted by Crippen LogP contribution is 2.40. The number of hydrogen-bond donors (Lipinski definition) is 1. The Kier molecular flexibility index (Phi) is 10.2. The summed E-state index contributed by atoms with van der Waals surface area (Å²) < 4.78 is 76.4. The van der Waals surface area contributed by atoms with Crippen LogP contribution in [0.1, 0.15) is 61.8 Å². The van der Waals surface area contributed by atoms with Gasteiger partial charge < -0.3 is 23.4 Å². The van der Waals surface area contributed by atoms with E-state index >= 15 is 0 Å².